The molecule has 0 saturated carbocycles. The number of rotatable bonds is 2. The third-order valence-electron chi connectivity index (χ3n) is 6.18. The number of benzene rings is 2. The van der Waals surface area contributed by atoms with Gasteiger partial charge < -0.3 is 41.3 Å². The van der Waals surface area contributed by atoms with Gasteiger partial charge in [0.15, 0.2) is 11.5 Å². The van der Waals surface area contributed by atoms with Crippen molar-refractivity contribution in [2.45, 2.75) is 24.7 Å². The number of carbonyl (C=O) groups excluding carboxylic acids is 2. The second-order valence-corrected chi connectivity index (χ2v) is 8.34. The fourth-order valence-corrected chi connectivity index (χ4v) is 4.81. The van der Waals surface area contributed by atoms with Crippen LogP contribution < -0.4 is 10.6 Å². The SMILES string of the molecule is CN(C)c1c(O)c(C(N)=O)c(O)c2c1CC1=C(C(=O)c3c(O)cccc3C1(C)O)C2(O)O. The summed E-state index contributed by atoms with van der Waals surface area (Å²) in [6.45, 7) is 1.33. The number of aromatic hydroxyl groups is 3. The third kappa shape index (κ3) is 2.51. The highest BCUT2D eigenvalue weighted by Gasteiger charge is 2.54. The van der Waals surface area contributed by atoms with Crippen molar-refractivity contribution in [2.24, 2.45) is 5.73 Å². The summed E-state index contributed by atoms with van der Waals surface area (Å²) < 4.78 is 0. The van der Waals surface area contributed by atoms with Crippen LogP contribution in [0.1, 0.15) is 44.3 Å². The van der Waals surface area contributed by atoms with Crippen LogP contribution in [0.2, 0.25) is 0 Å². The molecule has 1 amide bonds. The maximum absolute atomic E-state index is 13.3. The predicted molar refractivity (Wildman–Crippen MR) is 111 cm³/mol. The van der Waals surface area contributed by atoms with Crippen LogP contribution in [0.4, 0.5) is 5.69 Å². The summed E-state index contributed by atoms with van der Waals surface area (Å²) in [6, 6.07) is 4.09. The molecule has 32 heavy (non-hydrogen) atoms. The molecular weight excluding hydrogens is 420 g/mol. The number of hydrogen-bond donors (Lipinski definition) is 7. The zero-order chi connectivity index (χ0) is 23.9. The summed E-state index contributed by atoms with van der Waals surface area (Å²) in [4.78, 5) is 26.6. The van der Waals surface area contributed by atoms with Crippen molar-refractivity contribution >= 4 is 17.4 Å². The minimum atomic E-state index is -3.18. The van der Waals surface area contributed by atoms with Crippen LogP contribution in [0.25, 0.3) is 0 Å². The molecule has 2 aliphatic rings. The number of nitrogens with zero attached hydrogens (tertiary/aromatic N) is 1. The third-order valence-corrected chi connectivity index (χ3v) is 6.18. The molecule has 4 rings (SSSR count). The molecule has 2 aromatic carbocycles. The zero-order valence-corrected chi connectivity index (χ0v) is 17.5. The van der Waals surface area contributed by atoms with E-state index >= 15 is 0 Å². The number of Topliss-reactive ketones (excluding diaryl/α,β-unsaturated/α-hetero) is 1. The number of carbonyl (C=O) groups is 2. The van der Waals surface area contributed by atoms with Crippen molar-refractivity contribution in [2.75, 3.05) is 19.0 Å². The van der Waals surface area contributed by atoms with Gasteiger partial charge >= 0.3 is 0 Å². The van der Waals surface area contributed by atoms with E-state index in [0.29, 0.717) is 0 Å². The average molecular weight is 442 g/mol. The predicted octanol–water partition coefficient (Wildman–Crippen LogP) is 0.0624. The monoisotopic (exact) mass is 442 g/mol. The standard InChI is InChI=1S/C22H22N2O8/c1-21(30)9-5-4-6-11(25)12(9)17(26)15-10(21)7-8-14(22(15,31)32)18(27)13(20(23)29)19(28)16(8)24(2)3/h4-6,25,27-28,30-32H,7H2,1-3H3,(H2,23,29). The Bertz CT molecular complexity index is 1260. The number of ketones is 1. The van der Waals surface area contributed by atoms with Gasteiger partial charge in [0.1, 0.15) is 22.7 Å². The zero-order valence-electron chi connectivity index (χ0n) is 17.5. The molecule has 2 aliphatic carbocycles. The Morgan fingerprint density at radius 1 is 1.09 bits per heavy atom. The van der Waals surface area contributed by atoms with E-state index in [1.54, 1.807) is 0 Å². The van der Waals surface area contributed by atoms with Gasteiger partial charge in [-0.1, -0.05) is 12.1 Å². The van der Waals surface area contributed by atoms with Crippen LogP contribution >= 0.6 is 0 Å². The lowest BCUT2D eigenvalue weighted by atomic mass is 9.66. The number of phenolic OH excluding ortho intramolecular Hbond substituents is 1. The molecule has 0 fully saturated rings. The first-order valence-corrected chi connectivity index (χ1v) is 9.61. The fraction of sp³-hybridized carbons (Fsp3) is 0.273. The fourth-order valence-electron chi connectivity index (χ4n) is 4.81. The van der Waals surface area contributed by atoms with Gasteiger partial charge in [0, 0.05) is 26.1 Å². The molecule has 0 radical (unpaired) electrons. The molecule has 8 N–H and O–H groups in total. The molecule has 2 aromatic rings. The highest BCUT2D eigenvalue weighted by Crippen LogP contribution is 2.56. The molecule has 1 unspecified atom stereocenters. The molecule has 0 aromatic heterocycles. The van der Waals surface area contributed by atoms with Crippen LogP contribution in [-0.2, 0) is 17.8 Å². The highest BCUT2D eigenvalue weighted by atomic mass is 16.5. The van der Waals surface area contributed by atoms with E-state index in [1.807, 2.05) is 0 Å². The van der Waals surface area contributed by atoms with Crippen molar-refractivity contribution in [3.8, 4) is 17.2 Å². The number of phenols is 3. The summed E-state index contributed by atoms with van der Waals surface area (Å²) >= 11 is 0. The molecule has 0 aliphatic heterocycles. The molecule has 0 saturated heterocycles. The summed E-state index contributed by atoms with van der Waals surface area (Å²) in [5.41, 5.74) is 0.956. The Morgan fingerprint density at radius 3 is 2.28 bits per heavy atom. The Balaban J connectivity index is 2.14. The van der Waals surface area contributed by atoms with Gasteiger partial charge in [0.25, 0.3) is 5.91 Å². The van der Waals surface area contributed by atoms with E-state index in [9.17, 15) is 40.2 Å². The normalized spacial score (nSPS) is 21.0. The van der Waals surface area contributed by atoms with Gasteiger partial charge in [0.2, 0.25) is 5.79 Å². The Hall–Kier alpha value is -3.60. The number of primary amides is 1. The molecule has 0 spiro atoms. The first-order valence-electron chi connectivity index (χ1n) is 9.61. The van der Waals surface area contributed by atoms with Crippen molar-refractivity contribution in [1.29, 1.82) is 0 Å². The van der Waals surface area contributed by atoms with E-state index in [4.69, 9.17) is 5.73 Å². The molecule has 1 atom stereocenters. The van der Waals surface area contributed by atoms with Crippen molar-refractivity contribution in [3.05, 3.63) is 57.2 Å². The molecular formula is C22H22N2O8. The van der Waals surface area contributed by atoms with Crippen LogP contribution in [-0.4, -0.2) is 56.4 Å². The molecule has 168 valence electrons. The summed E-state index contributed by atoms with van der Waals surface area (Å²) in [7, 11) is 3.02. The molecule has 10 nitrogen and oxygen atoms in total. The quantitative estimate of drug-likeness (QED) is 0.316. The second-order valence-electron chi connectivity index (χ2n) is 8.34. The van der Waals surface area contributed by atoms with Crippen molar-refractivity contribution < 1.29 is 40.2 Å². The number of nitrogens with two attached hydrogens (primary N) is 1. The minimum absolute atomic E-state index is 0.0181. The van der Waals surface area contributed by atoms with Gasteiger partial charge in [-0.3, -0.25) is 9.59 Å². The number of amides is 1. The number of aliphatic hydroxyl groups is 3. The first-order chi connectivity index (χ1) is 14.7. The topological polar surface area (TPSA) is 185 Å². The molecule has 0 bridgehead atoms. The van der Waals surface area contributed by atoms with Crippen LogP contribution in [0.15, 0.2) is 29.3 Å². The van der Waals surface area contributed by atoms with Crippen molar-refractivity contribution in [1.82, 2.24) is 0 Å². The van der Waals surface area contributed by atoms with Gasteiger partial charge in [0.05, 0.1) is 22.4 Å². The van der Waals surface area contributed by atoms with Gasteiger partial charge in [-0.25, -0.2) is 0 Å². The van der Waals surface area contributed by atoms with Gasteiger partial charge in [-0.2, -0.15) is 0 Å². The van der Waals surface area contributed by atoms with Crippen LogP contribution in [0, 0.1) is 0 Å². The van der Waals surface area contributed by atoms with Crippen LogP contribution in [0.3, 0.4) is 0 Å². The van der Waals surface area contributed by atoms with Gasteiger partial charge in [-0.05, 0) is 24.1 Å². The maximum atomic E-state index is 13.3. The van der Waals surface area contributed by atoms with E-state index in [0.717, 1.165) is 0 Å². The first kappa shape index (κ1) is 21.6. The molecule has 0 heterocycles. The lowest BCUT2D eigenvalue weighted by Gasteiger charge is -2.43. The second kappa shape index (κ2) is 6.45. The smallest absolute Gasteiger partial charge is 0.256 e. The van der Waals surface area contributed by atoms with Crippen LogP contribution in [0.5, 0.6) is 17.2 Å². The lowest BCUT2D eigenvalue weighted by molar-refractivity contribution is -0.139. The number of anilines is 1. The van der Waals surface area contributed by atoms with E-state index in [1.165, 1.54) is 44.1 Å². The molecule has 10 heteroatoms. The summed E-state index contributed by atoms with van der Waals surface area (Å²) in [5.74, 6) is -7.53. The Morgan fingerprint density at radius 2 is 1.72 bits per heavy atom. The summed E-state index contributed by atoms with van der Waals surface area (Å²) in [5, 5.41) is 65.4. The minimum Gasteiger partial charge on any atom is -0.507 e. The maximum Gasteiger partial charge on any atom is 0.256 e. The van der Waals surface area contributed by atoms with E-state index in [2.05, 4.69) is 0 Å². The highest BCUT2D eigenvalue weighted by molar-refractivity contribution is 6.15. The van der Waals surface area contributed by atoms with E-state index in [-0.39, 0.29) is 34.4 Å². The largest absolute Gasteiger partial charge is 0.507 e. The van der Waals surface area contributed by atoms with E-state index < -0.39 is 57.0 Å². The number of fused-ring (bicyclic) bond motifs is 2. The number of hydrogen-bond acceptors (Lipinski definition) is 9. The average Bonchev–Trinajstić information content (AvgIpc) is 2.64. The Kier molecular flexibility index (Phi) is 4.36. The lowest BCUT2D eigenvalue weighted by Crippen LogP contribution is -2.46. The van der Waals surface area contributed by atoms with Gasteiger partial charge in [-0.15, -0.1) is 0 Å². The van der Waals surface area contributed by atoms with Crippen molar-refractivity contribution in [3.63, 3.8) is 0 Å². The Labute approximate surface area is 182 Å². The summed E-state index contributed by atoms with van der Waals surface area (Å²) in [6.07, 6.45) is -0.283.